The van der Waals surface area contributed by atoms with Crippen LogP contribution >= 0.6 is 11.8 Å². The molecule has 0 fully saturated rings. The van der Waals surface area contributed by atoms with Crippen LogP contribution in [0.4, 0.5) is 5.69 Å². The Hall–Kier alpha value is -3.13. The van der Waals surface area contributed by atoms with Crippen molar-refractivity contribution in [1.29, 1.82) is 0 Å². The van der Waals surface area contributed by atoms with E-state index in [-0.39, 0.29) is 10.6 Å². The first-order chi connectivity index (χ1) is 12.6. The third kappa shape index (κ3) is 2.95. The zero-order chi connectivity index (χ0) is 18.1. The molecule has 8 heteroatoms. The quantitative estimate of drug-likeness (QED) is 0.326. The number of nitrogens with zero attached hydrogens (tertiary/aromatic N) is 4. The third-order valence-electron chi connectivity index (χ3n) is 4.15. The van der Waals surface area contributed by atoms with Crippen LogP contribution in [-0.2, 0) is 12.8 Å². The summed E-state index contributed by atoms with van der Waals surface area (Å²) < 4.78 is 1.94. The summed E-state index contributed by atoms with van der Waals surface area (Å²) in [5.74, 6) is 1.37. The molecule has 0 aliphatic carbocycles. The van der Waals surface area contributed by atoms with E-state index in [4.69, 9.17) is 0 Å². The van der Waals surface area contributed by atoms with Crippen molar-refractivity contribution in [2.45, 2.75) is 10.9 Å². The smallest absolute Gasteiger partial charge is 0.269 e. The number of aromatic amines is 1. The summed E-state index contributed by atoms with van der Waals surface area (Å²) in [7, 11) is 1.92. The standard InChI is InChI=1S/C18H15N5O2S/c1-22-17(15-10-19-16-8-3-2-7-14(15)16)20-21-18(22)26-11-12-5-4-6-13(9-12)23(24)25/h2-10,19H,11H2,1H3. The maximum absolute atomic E-state index is 10.9. The van der Waals surface area contributed by atoms with E-state index in [1.165, 1.54) is 17.8 Å². The predicted molar refractivity (Wildman–Crippen MR) is 101 cm³/mol. The number of hydrogen-bond donors (Lipinski definition) is 1. The van der Waals surface area contributed by atoms with Crippen LogP contribution in [0.2, 0.25) is 0 Å². The van der Waals surface area contributed by atoms with Gasteiger partial charge in [-0.1, -0.05) is 42.1 Å². The van der Waals surface area contributed by atoms with Crippen molar-refractivity contribution in [2.24, 2.45) is 7.05 Å². The second-order valence-electron chi connectivity index (χ2n) is 5.83. The van der Waals surface area contributed by atoms with E-state index in [9.17, 15) is 10.1 Å². The van der Waals surface area contributed by atoms with Crippen LogP contribution in [0.15, 0.2) is 59.9 Å². The summed E-state index contributed by atoms with van der Waals surface area (Å²) in [5, 5.41) is 21.4. The van der Waals surface area contributed by atoms with E-state index in [2.05, 4.69) is 15.2 Å². The predicted octanol–water partition coefficient (Wildman–Crippen LogP) is 4.16. The van der Waals surface area contributed by atoms with Gasteiger partial charge < -0.3 is 9.55 Å². The van der Waals surface area contributed by atoms with Crippen LogP contribution in [0.25, 0.3) is 22.3 Å². The number of H-pyrrole nitrogens is 1. The highest BCUT2D eigenvalue weighted by Crippen LogP contribution is 2.30. The summed E-state index contributed by atoms with van der Waals surface area (Å²) in [6.45, 7) is 0. The van der Waals surface area contributed by atoms with Gasteiger partial charge in [-0.25, -0.2) is 0 Å². The molecule has 1 N–H and O–H groups in total. The first-order valence-corrected chi connectivity index (χ1v) is 8.94. The number of aromatic nitrogens is 4. The van der Waals surface area contributed by atoms with Crippen LogP contribution < -0.4 is 0 Å². The fourth-order valence-electron chi connectivity index (χ4n) is 2.84. The molecule has 26 heavy (non-hydrogen) atoms. The molecule has 0 unspecified atom stereocenters. The van der Waals surface area contributed by atoms with E-state index in [0.717, 1.165) is 33.0 Å². The Morgan fingerprint density at radius 1 is 1.19 bits per heavy atom. The minimum Gasteiger partial charge on any atom is -0.360 e. The highest BCUT2D eigenvalue weighted by Gasteiger charge is 2.15. The zero-order valence-electron chi connectivity index (χ0n) is 13.9. The Morgan fingerprint density at radius 3 is 2.88 bits per heavy atom. The summed E-state index contributed by atoms with van der Waals surface area (Å²) in [6, 6.07) is 14.7. The van der Waals surface area contributed by atoms with Gasteiger partial charge in [0.25, 0.3) is 5.69 Å². The molecule has 4 aromatic rings. The third-order valence-corrected chi connectivity index (χ3v) is 5.25. The van der Waals surface area contributed by atoms with Crippen LogP contribution in [0.3, 0.4) is 0 Å². The van der Waals surface area contributed by atoms with Gasteiger partial charge in [0.05, 0.1) is 4.92 Å². The van der Waals surface area contributed by atoms with Crippen molar-refractivity contribution in [2.75, 3.05) is 0 Å². The second-order valence-corrected chi connectivity index (χ2v) is 6.77. The fraction of sp³-hybridized carbons (Fsp3) is 0.111. The molecule has 0 amide bonds. The Bertz CT molecular complexity index is 1100. The van der Waals surface area contributed by atoms with Crippen LogP contribution in [0, 0.1) is 10.1 Å². The van der Waals surface area contributed by atoms with Gasteiger partial charge in [-0.3, -0.25) is 10.1 Å². The Labute approximate surface area is 153 Å². The monoisotopic (exact) mass is 365 g/mol. The fourth-order valence-corrected chi connectivity index (χ4v) is 3.69. The SMILES string of the molecule is Cn1c(SCc2cccc([N+](=O)[O-])c2)nnc1-c1c[nH]c2ccccc12. The zero-order valence-corrected chi connectivity index (χ0v) is 14.7. The van der Waals surface area contributed by atoms with Gasteiger partial charge in [-0.15, -0.1) is 10.2 Å². The van der Waals surface area contributed by atoms with Gasteiger partial charge in [-0.05, 0) is 11.6 Å². The summed E-state index contributed by atoms with van der Waals surface area (Å²) in [6.07, 6.45) is 1.93. The van der Waals surface area contributed by atoms with Crippen molar-refractivity contribution < 1.29 is 4.92 Å². The number of hydrogen-bond acceptors (Lipinski definition) is 5. The van der Waals surface area contributed by atoms with Crippen molar-refractivity contribution in [3.8, 4) is 11.4 Å². The summed E-state index contributed by atoms with van der Waals surface area (Å²) in [4.78, 5) is 13.8. The van der Waals surface area contributed by atoms with Crippen LogP contribution in [-0.4, -0.2) is 24.7 Å². The minimum atomic E-state index is -0.383. The first kappa shape index (κ1) is 16.3. The Balaban J connectivity index is 1.58. The molecule has 4 rings (SSSR count). The van der Waals surface area contributed by atoms with Crippen molar-refractivity contribution in [3.05, 3.63) is 70.4 Å². The molecule has 7 nitrogen and oxygen atoms in total. The number of rotatable bonds is 5. The van der Waals surface area contributed by atoms with Gasteiger partial charge in [0.2, 0.25) is 0 Å². The lowest BCUT2D eigenvalue weighted by Crippen LogP contribution is -1.95. The number of thioether (sulfide) groups is 1. The average molecular weight is 365 g/mol. The number of nitro groups is 1. The van der Waals surface area contributed by atoms with E-state index >= 15 is 0 Å². The lowest BCUT2D eigenvalue weighted by Gasteiger charge is -2.04. The van der Waals surface area contributed by atoms with Crippen molar-refractivity contribution in [1.82, 2.24) is 19.7 Å². The Kier molecular flexibility index (Phi) is 4.18. The van der Waals surface area contributed by atoms with E-state index < -0.39 is 0 Å². The number of nitrogens with one attached hydrogen (secondary N) is 1. The molecule has 0 bridgehead atoms. The van der Waals surface area contributed by atoms with Gasteiger partial charge in [0, 0.05) is 47.6 Å². The summed E-state index contributed by atoms with van der Waals surface area (Å²) >= 11 is 1.50. The number of fused-ring (bicyclic) bond motifs is 1. The summed E-state index contributed by atoms with van der Waals surface area (Å²) in [5.41, 5.74) is 3.02. The molecule has 0 aliphatic rings. The highest BCUT2D eigenvalue weighted by molar-refractivity contribution is 7.98. The van der Waals surface area contributed by atoms with Gasteiger partial charge in [0.15, 0.2) is 11.0 Å². The van der Waals surface area contributed by atoms with Gasteiger partial charge in [-0.2, -0.15) is 0 Å². The van der Waals surface area contributed by atoms with Crippen LogP contribution in [0.5, 0.6) is 0 Å². The molecular formula is C18H15N5O2S. The number of para-hydroxylation sites is 1. The van der Waals surface area contributed by atoms with E-state index in [1.807, 2.05) is 48.1 Å². The van der Waals surface area contributed by atoms with E-state index in [0.29, 0.717) is 5.75 Å². The normalized spacial score (nSPS) is 11.1. The lowest BCUT2D eigenvalue weighted by atomic mass is 10.1. The van der Waals surface area contributed by atoms with Crippen LogP contribution in [0.1, 0.15) is 5.56 Å². The maximum atomic E-state index is 10.9. The second kappa shape index (κ2) is 6.64. The minimum absolute atomic E-state index is 0.0977. The number of benzene rings is 2. The molecular weight excluding hydrogens is 350 g/mol. The molecule has 0 radical (unpaired) electrons. The topological polar surface area (TPSA) is 89.6 Å². The highest BCUT2D eigenvalue weighted by atomic mass is 32.2. The maximum Gasteiger partial charge on any atom is 0.269 e. The Morgan fingerprint density at radius 2 is 2.04 bits per heavy atom. The van der Waals surface area contributed by atoms with Crippen molar-refractivity contribution >= 4 is 28.4 Å². The molecule has 0 spiro atoms. The molecule has 2 aromatic carbocycles. The van der Waals surface area contributed by atoms with Gasteiger partial charge >= 0.3 is 0 Å². The molecule has 130 valence electrons. The molecule has 0 saturated carbocycles. The molecule has 2 aromatic heterocycles. The lowest BCUT2D eigenvalue weighted by molar-refractivity contribution is -0.384. The number of nitro benzene ring substituents is 1. The molecule has 0 aliphatic heterocycles. The number of non-ortho nitro benzene ring substituents is 1. The average Bonchev–Trinajstić information content (AvgIpc) is 3.23. The van der Waals surface area contributed by atoms with E-state index in [1.54, 1.807) is 12.1 Å². The van der Waals surface area contributed by atoms with Gasteiger partial charge in [0.1, 0.15) is 0 Å². The largest absolute Gasteiger partial charge is 0.360 e. The molecule has 0 saturated heterocycles. The molecule has 2 heterocycles. The molecule has 0 atom stereocenters. The van der Waals surface area contributed by atoms with Crippen molar-refractivity contribution in [3.63, 3.8) is 0 Å². The first-order valence-electron chi connectivity index (χ1n) is 7.95.